The molecule has 1 aliphatic rings. The molecule has 1 heterocycles. The number of rotatable bonds is 3. The molecule has 156 valence electrons. The standard InChI is InChI=1S/C25H33FN2O/c1-16-12-20(13-17(2)23(16)27-22(29)15-24(3,4)5)28-11-10-18-14-19(26)8-9-21(18)25(28,6)7/h8-9,12-14H,10-11,15H2,1-7H3,(H,27,29). The number of hydrogen-bond donors (Lipinski definition) is 1. The number of fused-ring (bicyclic) bond motifs is 1. The van der Waals surface area contributed by atoms with Crippen LogP contribution < -0.4 is 10.2 Å². The molecule has 1 amide bonds. The Kier molecular flexibility index (Phi) is 5.50. The van der Waals surface area contributed by atoms with Crippen molar-refractivity contribution in [2.45, 2.75) is 66.8 Å². The van der Waals surface area contributed by atoms with Gasteiger partial charge in [-0.05, 0) is 86.1 Å². The van der Waals surface area contributed by atoms with Gasteiger partial charge in [0.2, 0.25) is 5.91 Å². The number of hydrogen-bond acceptors (Lipinski definition) is 2. The third-order valence-corrected chi connectivity index (χ3v) is 5.79. The molecule has 1 aliphatic heterocycles. The summed E-state index contributed by atoms with van der Waals surface area (Å²) in [6, 6.07) is 9.43. The van der Waals surface area contributed by atoms with Crippen molar-refractivity contribution in [2.24, 2.45) is 5.41 Å². The molecule has 0 bridgehead atoms. The Labute approximate surface area is 174 Å². The highest BCUT2D eigenvalue weighted by atomic mass is 19.1. The molecule has 0 unspecified atom stereocenters. The van der Waals surface area contributed by atoms with Crippen LogP contribution in [0.2, 0.25) is 0 Å². The third-order valence-electron chi connectivity index (χ3n) is 5.79. The molecule has 0 radical (unpaired) electrons. The number of nitrogens with zero attached hydrogens (tertiary/aromatic N) is 1. The summed E-state index contributed by atoms with van der Waals surface area (Å²) in [5.74, 6) is -0.124. The smallest absolute Gasteiger partial charge is 0.224 e. The van der Waals surface area contributed by atoms with Crippen LogP contribution in [0.1, 0.15) is 63.3 Å². The van der Waals surface area contributed by atoms with Crippen molar-refractivity contribution in [1.82, 2.24) is 0 Å². The number of halogens is 1. The minimum Gasteiger partial charge on any atom is -0.362 e. The average molecular weight is 397 g/mol. The van der Waals surface area contributed by atoms with Crippen molar-refractivity contribution in [2.75, 3.05) is 16.8 Å². The number of aryl methyl sites for hydroxylation is 2. The van der Waals surface area contributed by atoms with Crippen molar-refractivity contribution >= 4 is 17.3 Å². The quantitative estimate of drug-likeness (QED) is 0.678. The van der Waals surface area contributed by atoms with Crippen LogP contribution in [0.4, 0.5) is 15.8 Å². The van der Waals surface area contributed by atoms with Crippen LogP contribution in [0.15, 0.2) is 30.3 Å². The fraction of sp³-hybridized carbons (Fsp3) is 0.480. The van der Waals surface area contributed by atoms with E-state index in [0.717, 1.165) is 41.0 Å². The van der Waals surface area contributed by atoms with E-state index in [1.807, 2.05) is 19.9 Å². The van der Waals surface area contributed by atoms with Gasteiger partial charge in [-0.15, -0.1) is 0 Å². The summed E-state index contributed by atoms with van der Waals surface area (Å²) in [5, 5.41) is 3.11. The molecule has 0 aliphatic carbocycles. The van der Waals surface area contributed by atoms with Gasteiger partial charge >= 0.3 is 0 Å². The predicted molar refractivity (Wildman–Crippen MR) is 119 cm³/mol. The molecule has 0 saturated heterocycles. The van der Waals surface area contributed by atoms with Crippen LogP contribution in [0, 0.1) is 25.1 Å². The van der Waals surface area contributed by atoms with Gasteiger partial charge in [0.15, 0.2) is 0 Å². The normalized spacial score (nSPS) is 15.8. The Bertz CT molecular complexity index is 917. The third kappa shape index (κ3) is 4.47. The molecule has 0 saturated carbocycles. The van der Waals surface area contributed by atoms with E-state index >= 15 is 0 Å². The van der Waals surface area contributed by atoms with Gasteiger partial charge in [0.25, 0.3) is 0 Å². The molecule has 0 spiro atoms. The van der Waals surface area contributed by atoms with E-state index < -0.39 is 0 Å². The minimum atomic E-state index is -0.239. The monoisotopic (exact) mass is 396 g/mol. The molecule has 29 heavy (non-hydrogen) atoms. The van der Waals surface area contributed by atoms with Crippen molar-refractivity contribution in [1.29, 1.82) is 0 Å². The van der Waals surface area contributed by atoms with E-state index in [4.69, 9.17) is 0 Å². The molecular weight excluding hydrogens is 363 g/mol. The molecule has 1 N–H and O–H groups in total. The first-order chi connectivity index (χ1) is 13.4. The van der Waals surface area contributed by atoms with Gasteiger partial charge in [0.05, 0.1) is 5.54 Å². The zero-order chi connectivity index (χ0) is 21.6. The maximum atomic E-state index is 13.7. The number of nitrogens with one attached hydrogen (secondary N) is 1. The van der Waals surface area contributed by atoms with Gasteiger partial charge in [-0.3, -0.25) is 4.79 Å². The second-order valence-electron chi connectivity index (χ2n) is 10.0. The molecule has 3 rings (SSSR count). The Hall–Kier alpha value is -2.36. The zero-order valence-electron chi connectivity index (χ0n) is 18.7. The summed E-state index contributed by atoms with van der Waals surface area (Å²) in [5.41, 5.74) is 6.13. The fourth-order valence-corrected chi connectivity index (χ4v) is 4.43. The molecule has 3 nitrogen and oxygen atoms in total. The van der Waals surface area contributed by atoms with E-state index in [-0.39, 0.29) is 22.7 Å². The van der Waals surface area contributed by atoms with Crippen LogP contribution >= 0.6 is 0 Å². The summed E-state index contributed by atoms with van der Waals surface area (Å²) >= 11 is 0. The van der Waals surface area contributed by atoms with E-state index in [2.05, 4.69) is 57.0 Å². The Morgan fingerprint density at radius 1 is 1.14 bits per heavy atom. The number of amides is 1. The van der Waals surface area contributed by atoms with Gasteiger partial charge in [-0.25, -0.2) is 4.39 Å². The molecule has 2 aromatic carbocycles. The SMILES string of the molecule is Cc1cc(N2CCc3cc(F)ccc3C2(C)C)cc(C)c1NC(=O)CC(C)(C)C. The average Bonchev–Trinajstić information content (AvgIpc) is 2.56. The van der Waals surface area contributed by atoms with Crippen LogP contribution in [-0.2, 0) is 16.8 Å². The van der Waals surface area contributed by atoms with E-state index in [9.17, 15) is 9.18 Å². The first-order valence-corrected chi connectivity index (χ1v) is 10.4. The van der Waals surface area contributed by atoms with Crippen molar-refractivity contribution < 1.29 is 9.18 Å². The Morgan fingerprint density at radius 3 is 2.34 bits per heavy atom. The van der Waals surface area contributed by atoms with E-state index in [0.29, 0.717) is 6.42 Å². The van der Waals surface area contributed by atoms with Crippen LogP contribution in [0.3, 0.4) is 0 Å². The highest BCUT2D eigenvalue weighted by Gasteiger charge is 2.35. The second kappa shape index (κ2) is 7.47. The van der Waals surface area contributed by atoms with E-state index in [1.165, 1.54) is 5.56 Å². The summed E-state index contributed by atoms with van der Waals surface area (Å²) in [4.78, 5) is 14.8. The second-order valence-corrected chi connectivity index (χ2v) is 10.0. The van der Waals surface area contributed by atoms with Gasteiger partial charge < -0.3 is 10.2 Å². The minimum absolute atomic E-state index is 0.0451. The Balaban J connectivity index is 1.91. The van der Waals surface area contributed by atoms with Crippen LogP contribution in [-0.4, -0.2) is 12.5 Å². The maximum absolute atomic E-state index is 13.7. The van der Waals surface area contributed by atoms with Crippen molar-refractivity contribution in [3.8, 4) is 0 Å². The number of benzene rings is 2. The zero-order valence-corrected chi connectivity index (χ0v) is 18.7. The first-order valence-electron chi connectivity index (χ1n) is 10.4. The van der Waals surface area contributed by atoms with Crippen molar-refractivity contribution in [3.05, 3.63) is 58.4 Å². The fourth-order valence-electron chi connectivity index (χ4n) is 4.43. The molecular formula is C25H33FN2O. The lowest BCUT2D eigenvalue weighted by Gasteiger charge is -2.46. The molecule has 0 atom stereocenters. The summed E-state index contributed by atoms with van der Waals surface area (Å²) < 4.78 is 13.7. The Morgan fingerprint density at radius 2 is 1.76 bits per heavy atom. The number of carbonyl (C=O) groups is 1. The molecule has 0 aromatic heterocycles. The first kappa shape index (κ1) is 21.4. The van der Waals surface area contributed by atoms with Crippen LogP contribution in [0.25, 0.3) is 0 Å². The van der Waals surface area contributed by atoms with Crippen molar-refractivity contribution in [3.63, 3.8) is 0 Å². The largest absolute Gasteiger partial charge is 0.362 e. The number of anilines is 2. The lowest BCUT2D eigenvalue weighted by molar-refractivity contribution is -0.117. The van der Waals surface area contributed by atoms with Gasteiger partial charge in [-0.1, -0.05) is 26.8 Å². The predicted octanol–water partition coefficient (Wildman–Crippen LogP) is 6.12. The van der Waals surface area contributed by atoms with Gasteiger partial charge in [0.1, 0.15) is 5.82 Å². The maximum Gasteiger partial charge on any atom is 0.224 e. The molecule has 2 aromatic rings. The highest BCUT2D eigenvalue weighted by molar-refractivity contribution is 5.93. The highest BCUT2D eigenvalue weighted by Crippen LogP contribution is 2.40. The summed E-state index contributed by atoms with van der Waals surface area (Å²) in [6.07, 6.45) is 1.30. The van der Waals surface area contributed by atoms with Crippen LogP contribution in [0.5, 0.6) is 0 Å². The molecule has 0 fully saturated rings. The topological polar surface area (TPSA) is 32.3 Å². The van der Waals surface area contributed by atoms with Gasteiger partial charge in [-0.2, -0.15) is 0 Å². The summed E-state index contributed by atoms with van der Waals surface area (Å²) in [6.45, 7) is 15.5. The summed E-state index contributed by atoms with van der Waals surface area (Å²) in [7, 11) is 0. The number of carbonyl (C=O) groups excluding carboxylic acids is 1. The lowest BCUT2D eigenvalue weighted by Crippen LogP contribution is -2.47. The lowest BCUT2D eigenvalue weighted by atomic mass is 9.82. The van der Waals surface area contributed by atoms with Gasteiger partial charge in [0, 0.05) is 24.3 Å². The van der Waals surface area contributed by atoms with E-state index in [1.54, 1.807) is 12.1 Å². The molecule has 4 heteroatoms.